The molecule has 1 aromatic heterocycles. The SMILES string of the molecule is CC1(C)c2ccccc2-c2ccc3c(c21)-c1ccccc1C31c2ccccc2N(c2cccc3oc4ccccc4c(=O)c23)c2ccccc21. The number of hydrogen-bond acceptors (Lipinski definition) is 3. The molecule has 1 aliphatic heterocycles. The van der Waals surface area contributed by atoms with Gasteiger partial charge in [0.25, 0.3) is 0 Å². The molecular weight excluding hydrogens is 611 g/mol. The molecule has 0 bridgehead atoms. The average Bonchev–Trinajstić information content (AvgIpc) is 3.58. The third-order valence-corrected chi connectivity index (χ3v) is 11.6. The lowest BCUT2D eigenvalue weighted by Gasteiger charge is -2.45. The molecule has 0 saturated carbocycles. The first-order chi connectivity index (χ1) is 24.5. The van der Waals surface area contributed by atoms with E-state index >= 15 is 0 Å². The van der Waals surface area contributed by atoms with E-state index in [-0.39, 0.29) is 10.8 Å². The van der Waals surface area contributed by atoms with E-state index < -0.39 is 5.41 Å². The van der Waals surface area contributed by atoms with Gasteiger partial charge in [0.15, 0.2) is 0 Å². The van der Waals surface area contributed by atoms with Crippen LogP contribution in [0.2, 0.25) is 0 Å². The molecule has 11 rings (SSSR count). The van der Waals surface area contributed by atoms with Crippen LogP contribution in [0.1, 0.15) is 47.2 Å². The van der Waals surface area contributed by atoms with Gasteiger partial charge in [-0.1, -0.05) is 129 Å². The molecule has 236 valence electrons. The molecule has 3 heteroatoms. The van der Waals surface area contributed by atoms with Gasteiger partial charge in [-0.25, -0.2) is 0 Å². The first-order valence-corrected chi connectivity index (χ1v) is 17.3. The monoisotopic (exact) mass is 641 g/mol. The Kier molecular flexibility index (Phi) is 5.26. The van der Waals surface area contributed by atoms with Crippen LogP contribution in [0.4, 0.5) is 17.1 Å². The molecule has 0 fully saturated rings. The van der Waals surface area contributed by atoms with Gasteiger partial charge in [0.2, 0.25) is 5.43 Å². The van der Waals surface area contributed by atoms with E-state index in [0.717, 1.165) is 17.1 Å². The summed E-state index contributed by atoms with van der Waals surface area (Å²) in [5.74, 6) is 0. The maximum absolute atomic E-state index is 14.3. The molecule has 0 saturated heterocycles. The minimum Gasteiger partial charge on any atom is -0.456 e. The van der Waals surface area contributed by atoms with Crippen molar-refractivity contribution in [1.29, 1.82) is 0 Å². The summed E-state index contributed by atoms with van der Waals surface area (Å²) in [6.45, 7) is 4.76. The average molecular weight is 642 g/mol. The number of anilines is 3. The highest BCUT2D eigenvalue weighted by atomic mass is 16.3. The van der Waals surface area contributed by atoms with E-state index in [2.05, 4.69) is 134 Å². The third-order valence-electron chi connectivity index (χ3n) is 11.6. The Morgan fingerprint density at radius 3 is 1.82 bits per heavy atom. The van der Waals surface area contributed by atoms with Crippen LogP contribution >= 0.6 is 0 Å². The van der Waals surface area contributed by atoms with Crippen LogP contribution in [0, 0.1) is 0 Å². The van der Waals surface area contributed by atoms with Crippen molar-refractivity contribution >= 4 is 39.0 Å². The Morgan fingerprint density at radius 2 is 1.06 bits per heavy atom. The highest BCUT2D eigenvalue weighted by Gasteiger charge is 2.54. The lowest BCUT2D eigenvalue weighted by molar-refractivity contribution is 0.660. The molecule has 0 N–H and O–H groups in total. The van der Waals surface area contributed by atoms with Gasteiger partial charge in [-0.15, -0.1) is 0 Å². The summed E-state index contributed by atoms with van der Waals surface area (Å²) in [5, 5.41) is 1.16. The van der Waals surface area contributed by atoms with Crippen LogP contribution in [0.5, 0.6) is 0 Å². The first kappa shape index (κ1) is 27.7. The summed E-state index contributed by atoms with van der Waals surface area (Å²) in [5.41, 5.74) is 16.4. The van der Waals surface area contributed by atoms with Crippen LogP contribution in [0.3, 0.4) is 0 Å². The number of nitrogens with zero attached hydrogens (tertiary/aromatic N) is 1. The van der Waals surface area contributed by atoms with Gasteiger partial charge in [-0.2, -0.15) is 0 Å². The normalized spacial score (nSPS) is 15.4. The number of hydrogen-bond donors (Lipinski definition) is 0. The fraction of sp³-hybridized carbons (Fsp3) is 0.0851. The fourth-order valence-electron chi connectivity index (χ4n) is 9.74. The molecule has 2 aliphatic carbocycles. The minimum atomic E-state index is -0.572. The molecule has 0 unspecified atom stereocenters. The van der Waals surface area contributed by atoms with Gasteiger partial charge in [0.05, 0.1) is 33.2 Å². The van der Waals surface area contributed by atoms with Crippen molar-refractivity contribution in [2.45, 2.75) is 24.7 Å². The Labute approximate surface area is 289 Å². The second kappa shape index (κ2) is 9.49. The van der Waals surface area contributed by atoms with Gasteiger partial charge in [-0.05, 0) is 92.0 Å². The van der Waals surface area contributed by atoms with Gasteiger partial charge in [0.1, 0.15) is 11.2 Å². The molecule has 2 heterocycles. The van der Waals surface area contributed by atoms with E-state index in [9.17, 15) is 4.79 Å². The summed E-state index contributed by atoms with van der Waals surface area (Å²) >= 11 is 0. The van der Waals surface area contributed by atoms with Crippen LogP contribution in [-0.4, -0.2) is 0 Å². The zero-order valence-corrected chi connectivity index (χ0v) is 27.7. The number of fused-ring (bicyclic) bond motifs is 15. The van der Waals surface area contributed by atoms with Gasteiger partial charge in [0, 0.05) is 5.41 Å². The van der Waals surface area contributed by atoms with Crippen molar-refractivity contribution in [3.8, 4) is 22.3 Å². The number of benzene rings is 7. The van der Waals surface area contributed by atoms with E-state index in [1.807, 2.05) is 36.4 Å². The van der Waals surface area contributed by atoms with Crippen molar-refractivity contribution in [3.63, 3.8) is 0 Å². The molecule has 7 aromatic carbocycles. The van der Waals surface area contributed by atoms with Gasteiger partial charge >= 0.3 is 0 Å². The smallest absolute Gasteiger partial charge is 0.202 e. The highest BCUT2D eigenvalue weighted by Crippen LogP contribution is 2.66. The van der Waals surface area contributed by atoms with E-state index in [4.69, 9.17) is 4.42 Å². The van der Waals surface area contributed by atoms with Crippen LogP contribution in [0.25, 0.3) is 44.2 Å². The Bertz CT molecular complexity index is 2790. The summed E-state index contributed by atoms with van der Waals surface area (Å²) < 4.78 is 6.38. The zero-order chi connectivity index (χ0) is 33.4. The molecule has 0 amide bonds. The van der Waals surface area contributed by atoms with Crippen LogP contribution in [0.15, 0.2) is 161 Å². The molecule has 1 spiro atoms. The molecule has 50 heavy (non-hydrogen) atoms. The van der Waals surface area contributed by atoms with Gasteiger partial charge in [-0.3, -0.25) is 4.79 Å². The quantitative estimate of drug-likeness (QED) is 0.167. The molecular formula is C47H31NO2. The molecule has 8 aromatic rings. The van der Waals surface area contributed by atoms with E-state index in [1.165, 1.54) is 55.6 Å². The van der Waals surface area contributed by atoms with Crippen molar-refractivity contribution in [3.05, 3.63) is 195 Å². The maximum atomic E-state index is 14.3. The van der Waals surface area contributed by atoms with E-state index in [0.29, 0.717) is 21.9 Å². The second-order valence-corrected chi connectivity index (χ2v) is 14.3. The predicted octanol–water partition coefficient (Wildman–Crippen LogP) is 11.4. The Balaban J connectivity index is 1.27. The largest absolute Gasteiger partial charge is 0.456 e. The Hall–Kier alpha value is -6.19. The maximum Gasteiger partial charge on any atom is 0.202 e. The summed E-state index contributed by atoms with van der Waals surface area (Å²) in [6.07, 6.45) is 0. The summed E-state index contributed by atoms with van der Waals surface area (Å²) in [4.78, 5) is 16.6. The highest BCUT2D eigenvalue weighted by molar-refractivity contribution is 6.05. The van der Waals surface area contributed by atoms with Crippen LogP contribution < -0.4 is 10.3 Å². The van der Waals surface area contributed by atoms with Crippen molar-refractivity contribution in [2.24, 2.45) is 0 Å². The standard InChI is InChI=1S/C47H31NO2/c1-46(2)32-17-6-3-14-28(32)29-26-27-36-42(44(29)46)30-15-4-7-18-33(30)47(36)34-19-8-10-21-37(34)48(38-22-11-9-20-35(38)47)39-23-13-25-41-43(39)45(49)31-16-5-12-24-40(31)50-41/h3-27H,1-2H3. The first-order valence-electron chi connectivity index (χ1n) is 17.3. The van der Waals surface area contributed by atoms with Crippen LogP contribution in [-0.2, 0) is 10.8 Å². The van der Waals surface area contributed by atoms with E-state index in [1.54, 1.807) is 0 Å². The van der Waals surface area contributed by atoms with Crippen molar-refractivity contribution in [2.75, 3.05) is 4.90 Å². The third kappa shape index (κ3) is 3.19. The fourth-order valence-corrected chi connectivity index (χ4v) is 9.74. The predicted molar refractivity (Wildman–Crippen MR) is 203 cm³/mol. The molecule has 0 atom stereocenters. The number of para-hydroxylation sites is 3. The van der Waals surface area contributed by atoms with Gasteiger partial charge < -0.3 is 9.32 Å². The Morgan fingerprint density at radius 1 is 0.480 bits per heavy atom. The lowest BCUT2D eigenvalue weighted by Crippen LogP contribution is -2.36. The minimum absolute atomic E-state index is 0.0263. The topological polar surface area (TPSA) is 33.5 Å². The molecule has 0 radical (unpaired) electrons. The second-order valence-electron chi connectivity index (χ2n) is 14.3. The molecule has 3 nitrogen and oxygen atoms in total. The van der Waals surface area contributed by atoms with Crippen molar-refractivity contribution in [1.82, 2.24) is 0 Å². The van der Waals surface area contributed by atoms with Crippen molar-refractivity contribution < 1.29 is 4.42 Å². The summed E-state index contributed by atoms with van der Waals surface area (Å²) in [7, 11) is 0. The lowest BCUT2D eigenvalue weighted by atomic mass is 9.64. The number of rotatable bonds is 1. The zero-order valence-electron chi connectivity index (χ0n) is 27.7. The molecule has 3 aliphatic rings. The summed E-state index contributed by atoms with van der Waals surface area (Å²) in [6, 6.07) is 53.7.